The summed E-state index contributed by atoms with van der Waals surface area (Å²) in [7, 11) is 0. The highest BCUT2D eigenvalue weighted by Gasteiger charge is 2.03. The van der Waals surface area contributed by atoms with Crippen molar-refractivity contribution in [3.8, 4) is 0 Å². The van der Waals surface area contributed by atoms with Gasteiger partial charge in [-0.3, -0.25) is 0 Å². The van der Waals surface area contributed by atoms with E-state index in [1.807, 2.05) is 0 Å². The highest BCUT2D eigenvalue weighted by Crippen LogP contribution is 1.99. The predicted octanol–water partition coefficient (Wildman–Crippen LogP) is 2.87. The van der Waals surface area contributed by atoms with Crippen molar-refractivity contribution < 1.29 is 0 Å². The molecular weight excluding hydrogens is 172 g/mol. The van der Waals surface area contributed by atoms with Gasteiger partial charge in [0.15, 0.2) is 0 Å². The molecule has 0 radical (unpaired) electrons. The Morgan fingerprint density at radius 2 is 1.57 bits per heavy atom. The van der Waals surface area contributed by atoms with Gasteiger partial charge in [-0.05, 0) is 46.3 Å². The van der Waals surface area contributed by atoms with Crippen LogP contribution in [-0.4, -0.2) is 30.6 Å². The van der Waals surface area contributed by atoms with E-state index in [9.17, 15) is 0 Å². The van der Waals surface area contributed by atoms with Crippen LogP contribution in [-0.2, 0) is 0 Å². The normalized spacial score (nSPS) is 10.3. The summed E-state index contributed by atoms with van der Waals surface area (Å²) < 4.78 is 0. The van der Waals surface area contributed by atoms with E-state index in [0.29, 0.717) is 0 Å². The average Bonchev–Trinajstić information content (AvgIpc) is 2.19. The molecule has 0 saturated heterocycles. The van der Waals surface area contributed by atoms with Gasteiger partial charge in [0.05, 0.1) is 0 Å². The number of rotatable bonds is 6. The molecule has 0 bridgehead atoms. The van der Waals surface area contributed by atoms with E-state index < -0.39 is 0 Å². The van der Waals surface area contributed by atoms with E-state index in [2.05, 4.69) is 39.5 Å². The minimum absolute atomic E-state index is 0.719. The first-order valence-corrected chi connectivity index (χ1v) is 6.07. The van der Waals surface area contributed by atoms with Crippen molar-refractivity contribution >= 4 is 0 Å². The Balaban J connectivity index is 0. The summed E-state index contributed by atoms with van der Waals surface area (Å²) in [6.07, 6.45) is 3.75. The lowest BCUT2D eigenvalue weighted by Crippen LogP contribution is -2.31. The second-order valence-corrected chi connectivity index (χ2v) is 3.86. The molecule has 0 rings (SSSR count). The van der Waals surface area contributed by atoms with Crippen LogP contribution in [0.5, 0.6) is 0 Å². The lowest BCUT2D eigenvalue weighted by Gasteiger charge is -2.24. The molecule has 0 heterocycles. The largest absolute Gasteiger partial charge is 0.330 e. The second-order valence-electron chi connectivity index (χ2n) is 3.86. The summed E-state index contributed by atoms with van der Waals surface area (Å²) in [5.74, 6) is 0. The number of nitrogens with zero attached hydrogens (tertiary/aromatic N) is 1. The first kappa shape index (κ1) is 16.4. The van der Waals surface area contributed by atoms with E-state index in [1.165, 1.54) is 25.9 Å². The second kappa shape index (κ2) is 12.9. The molecule has 2 heteroatoms. The van der Waals surface area contributed by atoms with Crippen LogP contribution >= 0.6 is 0 Å². The van der Waals surface area contributed by atoms with Gasteiger partial charge in [-0.1, -0.05) is 27.2 Å². The Morgan fingerprint density at radius 3 is 1.79 bits per heavy atom. The molecule has 0 aliphatic heterocycles. The zero-order valence-electron chi connectivity index (χ0n) is 10.8. The molecular formula is C12H30N2. The van der Waals surface area contributed by atoms with Crippen LogP contribution in [0.25, 0.3) is 0 Å². The molecule has 0 aromatic heterocycles. The maximum absolute atomic E-state index is 5.03. The first-order chi connectivity index (χ1) is 6.63. The maximum atomic E-state index is 5.03. The monoisotopic (exact) mass is 202 g/mol. The SMILES string of the molecule is CCCCN(CC)C(C)C.CCCN. The standard InChI is InChI=1S/C9H21N.C3H9N/c1-5-7-8-10(6-2)9(3)4;1-2-3-4/h9H,5-8H2,1-4H3;2-4H2,1H3. The Kier molecular flexibility index (Phi) is 15.1. The fraction of sp³-hybridized carbons (Fsp3) is 1.00. The molecule has 0 aromatic rings. The number of nitrogens with two attached hydrogens (primary N) is 1. The van der Waals surface area contributed by atoms with E-state index in [0.717, 1.165) is 19.0 Å². The van der Waals surface area contributed by atoms with Crippen molar-refractivity contribution in [3.05, 3.63) is 0 Å². The van der Waals surface area contributed by atoms with Gasteiger partial charge in [0.2, 0.25) is 0 Å². The van der Waals surface area contributed by atoms with Gasteiger partial charge in [0.25, 0.3) is 0 Å². The summed E-state index contributed by atoms with van der Waals surface area (Å²) in [6.45, 7) is 14.3. The number of hydrogen-bond acceptors (Lipinski definition) is 2. The Morgan fingerprint density at radius 1 is 1.07 bits per heavy atom. The van der Waals surface area contributed by atoms with Crippen LogP contribution in [0.3, 0.4) is 0 Å². The molecule has 0 spiro atoms. The smallest absolute Gasteiger partial charge is 0.00384 e. The van der Waals surface area contributed by atoms with Crippen molar-refractivity contribution in [3.63, 3.8) is 0 Å². The van der Waals surface area contributed by atoms with Crippen molar-refractivity contribution in [2.24, 2.45) is 5.73 Å². The molecule has 2 nitrogen and oxygen atoms in total. The highest BCUT2D eigenvalue weighted by molar-refractivity contribution is 4.59. The zero-order chi connectivity index (χ0) is 11.4. The van der Waals surface area contributed by atoms with Gasteiger partial charge in [-0.15, -0.1) is 0 Å². The van der Waals surface area contributed by atoms with E-state index >= 15 is 0 Å². The molecule has 14 heavy (non-hydrogen) atoms. The fourth-order valence-electron chi connectivity index (χ4n) is 1.14. The molecule has 0 amide bonds. The molecule has 0 aromatic carbocycles. The molecule has 0 fully saturated rings. The van der Waals surface area contributed by atoms with Crippen molar-refractivity contribution in [1.82, 2.24) is 4.90 Å². The van der Waals surface area contributed by atoms with Crippen molar-refractivity contribution in [2.45, 2.75) is 59.9 Å². The van der Waals surface area contributed by atoms with Crippen LogP contribution in [0.1, 0.15) is 53.9 Å². The van der Waals surface area contributed by atoms with Crippen LogP contribution in [0.15, 0.2) is 0 Å². The predicted molar refractivity (Wildman–Crippen MR) is 66.6 cm³/mol. The third kappa shape index (κ3) is 11.9. The average molecular weight is 202 g/mol. The number of hydrogen-bond donors (Lipinski definition) is 1. The maximum Gasteiger partial charge on any atom is 0.00384 e. The van der Waals surface area contributed by atoms with E-state index in [-0.39, 0.29) is 0 Å². The molecule has 88 valence electrons. The topological polar surface area (TPSA) is 29.3 Å². The van der Waals surface area contributed by atoms with Crippen LogP contribution in [0, 0.1) is 0 Å². The summed E-state index contributed by atoms with van der Waals surface area (Å²) in [5.41, 5.74) is 5.03. The third-order valence-electron chi connectivity index (χ3n) is 2.22. The quantitative estimate of drug-likeness (QED) is 0.717. The number of unbranched alkanes of at least 4 members (excludes halogenated alkanes) is 1. The Labute approximate surface area is 90.9 Å². The van der Waals surface area contributed by atoms with Gasteiger partial charge in [0.1, 0.15) is 0 Å². The third-order valence-corrected chi connectivity index (χ3v) is 2.22. The summed E-state index contributed by atoms with van der Waals surface area (Å²) in [6, 6.07) is 0.719. The van der Waals surface area contributed by atoms with E-state index in [1.54, 1.807) is 0 Å². The Bertz CT molecular complexity index is 90.3. The van der Waals surface area contributed by atoms with Gasteiger partial charge in [-0.2, -0.15) is 0 Å². The minimum Gasteiger partial charge on any atom is -0.330 e. The highest BCUT2D eigenvalue weighted by atomic mass is 15.1. The fourth-order valence-corrected chi connectivity index (χ4v) is 1.14. The van der Waals surface area contributed by atoms with Gasteiger partial charge >= 0.3 is 0 Å². The van der Waals surface area contributed by atoms with Crippen LogP contribution in [0.2, 0.25) is 0 Å². The molecule has 0 aliphatic carbocycles. The Hall–Kier alpha value is -0.0800. The molecule has 0 unspecified atom stereocenters. The molecule has 0 aliphatic rings. The zero-order valence-corrected chi connectivity index (χ0v) is 10.8. The summed E-state index contributed by atoms with van der Waals surface area (Å²) >= 11 is 0. The minimum atomic E-state index is 0.719. The van der Waals surface area contributed by atoms with Gasteiger partial charge < -0.3 is 10.6 Å². The van der Waals surface area contributed by atoms with Gasteiger partial charge in [0, 0.05) is 6.04 Å². The lowest BCUT2D eigenvalue weighted by atomic mass is 10.2. The van der Waals surface area contributed by atoms with Gasteiger partial charge in [-0.25, -0.2) is 0 Å². The van der Waals surface area contributed by atoms with Crippen molar-refractivity contribution in [2.75, 3.05) is 19.6 Å². The van der Waals surface area contributed by atoms with E-state index in [4.69, 9.17) is 5.73 Å². The van der Waals surface area contributed by atoms with Crippen LogP contribution < -0.4 is 5.73 Å². The summed E-state index contributed by atoms with van der Waals surface area (Å²) in [4.78, 5) is 2.50. The first-order valence-electron chi connectivity index (χ1n) is 6.07. The van der Waals surface area contributed by atoms with Crippen LogP contribution in [0.4, 0.5) is 0 Å². The lowest BCUT2D eigenvalue weighted by molar-refractivity contribution is 0.230. The molecule has 2 N–H and O–H groups in total. The molecule has 0 saturated carbocycles. The van der Waals surface area contributed by atoms with Crippen molar-refractivity contribution in [1.29, 1.82) is 0 Å². The molecule has 0 atom stereocenters. The summed E-state index contributed by atoms with van der Waals surface area (Å²) in [5, 5.41) is 0.